The van der Waals surface area contributed by atoms with E-state index < -0.39 is 0 Å². The third-order valence-electron chi connectivity index (χ3n) is 2.60. The van der Waals surface area contributed by atoms with Crippen molar-refractivity contribution >= 4 is 5.57 Å². The van der Waals surface area contributed by atoms with Gasteiger partial charge >= 0.3 is 0 Å². The fraction of sp³-hybridized carbons (Fsp3) is 0.333. The maximum Gasteiger partial charge on any atom is -0.0182 e. The second-order valence-corrected chi connectivity index (χ2v) is 3.87. The molecule has 0 N–H and O–H groups in total. The van der Waals surface area contributed by atoms with E-state index in [9.17, 15) is 0 Å². The summed E-state index contributed by atoms with van der Waals surface area (Å²) in [4.78, 5) is 0. The van der Waals surface area contributed by atoms with Crippen LogP contribution in [0.2, 0.25) is 0 Å². The van der Waals surface area contributed by atoms with Gasteiger partial charge in [0, 0.05) is 0 Å². The van der Waals surface area contributed by atoms with E-state index in [0.29, 0.717) is 0 Å². The van der Waals surface area contributed by atoms with Crippen molar-refractivity contribution in [2.24, 2.45) is 0 Å². The molecule has 0 amide bonds. The zero-order chi connectivity index (χ0) is 11.3. The van der Waals surface area contributed by atoms with Gasteiger partial charge in [-0.3, -0.25) is 0 Å². The average molecular weight is 200 g/mol. The molecule has 1 rings (SSSR count). The second kappa shape index (κ2) is 5.55. The SMILES string of the molecule is C/C=C(C)\C(=C/CC)c1cccc(C)c1. The lowest BCUT2D eigenvalue weighted by atomic mass is 9.96. The number of benzene rings is 1. The van der Waals surface area contributed by atoms with Gasteiger partial charge in [0.15, 0.2) is 0 Å². The van der Waals surface area contributed by atoms with E-state index in [0.717, 1.165) is 6.42 Å². The first kappa shape index (κ1) is 11.8. The van der Waals surface area contributed by atoms with E-state index in [1.165, 1.54) is 22.3 Å². The Labute approximate surface area is 93.3 Å². The number of rotatable bonds is 3. The summed E-state index contributed by atoms with van der Waals surface area (Å²) in [5, 5.41) is 0. The Morgan fingerprint density at radius 1 is 1.33 bits per heavy atom. The van der Waals surface area contributed by atoms with Gasteiger partial charge in [0.1, 0.15) is 0 Å². The molecule has 1 aromatic rings. The zero-order valence-corrected chi connectivity index (χ0v) is 10.2. The number of hydrogen-bond donors (Lipinski definition) is 0. The Kier molecular flexibility index (Phi) is 4.36. The van der Waals surface area contributed by atoms with Crippen molar-refractivity contribution in [1.82, 2.24) is 0 Å². The molecule has 0 atom stereocenters. The minimum atomic E-state index is 1.08. The molecular formula is C15H20. The topological polar surface area (TPSA) is 0 Å². The lowest BCUT2D eigenvalue weighted by Gasteiger charge is -2.09. The van der Waals surface area contributed by atoms with Crippen LogP contribution in [-0.4, -0.2) is 0 Å². The Morgan fingerprint density at radius 3 is 2.60 bits per heavy atom. The van der Waals surface area contributed by atoms with E-state index in [2.05, 4.69) is 64.1 Å². The van der Waals surface area contributed by atoms with E-state index >= 15 is 0 Å². The third kappa shape index (κ3) is 3.09. The van der Waals surface area contributed by atoms with Gasteiger partial charge in [0.2, 0.25) is 0 Å². The molecule has 0 spiro atoms. The van der Waals surface area contributed by atoms with Crippen molar-refractivity contribution in [2.45, 2.75) is 34.1 Å². The standard InChI is InChI=1S/C15H20/c1-5-8-15(13(4)6-2)14-10-7-9-12(3)11-14/h6-11H,5H2,1-4H3/b13-6-,15-8+. The largest absolute Gasteiger partial charge is 0.0841 e. The molecule has 0 aromatic heterocycles. The maximum atomic E-state index is 2.30. The predicted octanol–water partition coefficient (Wildman–Crippen LogP) is 4.75. The lowest BCUT2D eigenvalue weighted by Crippen LogP contribution is -1.87. The van der Waals surface area contributed by atoms with Gasteiger partial charge in [-0.25, -0.2) is 0 Å². The molecule has 0 bridgehead atoms. The van der Waals surface area contributed by atoms with Gasteiger partial charge in [0.25, 0.3) is 0 Å². The van der Waals surface area contributed by atoms with Gasteiger partial charge in [-0.05, 0) is 43.9 Å². The molecule has 0 saturated carbocycles. The third-order valence-corrected chi connectivity index (χ3v) is 2.60. The smallest absolute Gasteiger partial charge is 0.0182 e. The predicted molar refractivity (Wildman–Crippen MR) is 68.9 cm³/mol. The summed E-state index contributed by atoms with van der Waals surface area (Å²) in [6, 6.07) is 8.69. The molecule has 80 valence electrons. The summed E-state index contributed by atoms with van der Waals surface area (Å²) in [7, 11) is 0. The first-order chi connectivity index (χ1) is 7.19. The molecule has 0 nitrogen and oxygen atoms in total. The highest BCUT2D eigenvalue weighted by atomic mass is 14.1. The summed E-state index contributed by atoms with van der Waals surface area (Å²) >= 11 is 0. The summed E-state index contributed by atoms with van der Waals surface area (Å²) in [6.07, 6.45) is 5.54. The highest BCUT2D eigenvalue weighted by Gasteiger charge is 2.02. The van der Waals surface area contributed by atoms with Crippen LogP contribution in [0.3, 0.4) is 0 Å². The summed E-state index contributed by atoms with van der Waals surface area (Å²) in [5.74, 6) is 0. The summed E-state index contributed by atoms with van der Waals surface area (Å²) in [5.41, 5.74) is 5.36. The number of hydrogen-bond acceptors (Lipinski definition) is 0. The van der Waals surface area contributed by atoms with E-state index in [4.69, 9.17) is 0 Å². The van der Waals surface area contributed by atoms with E-state index in [-0.39, 0.29) is 0 Å². The molecule has 0 heteroatoms. The van der Waals surface area contributed by atoms with Gasteiger partial charge < -0.3 is 0 Å². The van der Waals surface area contributed by atoms with Crippen molar-refractivity contribution in [3.8, 4) is 0 Å². The van der Waals surface area contributed by atoms with Crippen LogP contribution in [0.5, 0.6) is 0 Å². The van der Waals surface area contributed by atoms with Crippen LogP contribution < -0.4 is 0 Å². The van der Waals surface area contributed by atoms with Crippen LogP contribution in [0.1, 0.15) is 38.3 Å². The highest BCUT2D eigenvalue weighted by molar-refractivity contribution is 5.78. The molecule has 1 aromatic carbocycles. The quantitative estimate of drug-likeness (QED) is 0.617. The van der Waals surface area contributed by atoms with Crippen LogP contribution in [0.4, 0.5) is 0 Å². The van der Waals surface area contributed by atoms with Crippen LogP contribution >= 0.6 is 0 Å². The second-order valence-electron chi connectivity index (χ2n) is 3.87. The zero-order valence-electron chi connectivity index (χ0n) is 10.2. The Bertz CT molecular complexity index is 381. The van der Waals surface area contributed by atoms with Crippen LogP contribution in [-0.2, 0) is 0 Å². The van der Waals surface area contributed by atoms with Crippen LogP contribution in [0.25, 0.3) is 5.57 Å². The minimum absolute atomic E-state index is 1.08. The Hall–Kier alpha value is -1.30. The normalized spacial score (nSPS) is 13.1. The van der Waals surface area contributed by atoms with Crippen LogP contribution in [0.15, 0.2) is 42.0 Å². The molecule has 0 heterocycles. The first-order valence-electron chi connectivity index (χ1n) is 5.59. The average Bonchev–Trinajstić information content (AvgIpc) is 2.25. The molecule has 0 unspecified atom stereocenters. The molecule has 0 aliphatic heterocycles. The molecule has 0 aliphatic rings. The lowest BCUT2D eigenvalue weighted by molar-refractivity contribution is 1.22. The number of allylic oxidation sites excluding steroid dienone is 4. The van der Waals surface area contributed by atoms with E-state index in [1.54, 1.807) is 0 Å². The molecular weight excluding hydrogens is 180 g/mol. The Morgan fingerprint density at radius 2 is 2.07 bits per heavy atom. The highest BCUT2D eigenvalue weighted by Crippen LogP contribution is 2.23. The summed E-state index contributed by atoms with van der Waals surface area (Å²) in [6.45, 7) is 8.58. The van der Waals surface area contributed by atoms with Crippen molar-refractivity contribution in [1.29, 1.82) is 0 Å². The first-order valence-corrected chi connectivity index (χ1v) is 5.59. The fourth-order valence-corrected chi connectivity index (χ4v) is 1.68. The molecule has 0 saturated heterocycles. The minimum Gasteiger partial charge on any atom is -0.0841 e. The maximum absolute atomic E-state index is 2.30. The van der Waals surface area contributed by atoms with Crippen molar-refractivity contribution < 1.29 is 0 Å². The Balaban J connectivity index is 3.16. The van der Waals surface area contributed by atoms with E-state index in [1.807, 2.05) is 0 Å². The van der Waals surface area contributed by atoms with Crippen molar-refractivity contribution in [3.63, 3.8) is 0 Å². The fourth-order valence-electron chi connectivity index (χ4n) is 1.68. The molecule has 0 radical (unpaired) electrons. The molecule has 15 heavy (non-hydrogen) atoms. The van der Waals surface area contributed by atoms with Crippen LogP contribution in [0, 0.1) is 6.92 Å². The van der Waals surface area contributed by atoms with Crippen molar-refractivity contribution in [3.05, 3.63) is 53.1 Å². The molecule has 0 fully saturated rings. The van der Waals surface area contributed by atoms with Gasteiger partial charge in [0.05, 0.1) is 0 Å². The summed E-state index contributed by atoms with van der Waals surface area (Å²) < 4.78 is 0. The molecule has 0 aliphatic carbocycles. The van der Waals surface area contributed by atoms with Crippen molar-refractivity contribution in [2.75, 3.05) is 0 Å². The monoisotopic (exact) mass is 200 g/mol. The van der Waals surface area contributed by atoms with Gasteiger partial charge in [-0.1, -0.05) is 48.9 Å². The van der Waals surface area contributed by atoms with Gasteiger partial charge in [-0.15, -0.1) is 0 Å². The number of aryl methyl sites for hydroxylation is 1. The van der Waals surface area contributed by atoms with Gasteiger partial charge in [-0.2, -0.15) is 0 Å².